The van der Waals surface area contributed by atoms with E-state index in [-0.39, 0.29) is 12.5 Å². The Morgan fingerprint density at radius 1 is 1.03 bits per heavy atom. The molecule has 186 valence electrons. The maximum Gasteiger partial charge on any atom is 0.224 e. The van der Waals surface area contributed by atoms with Gasteiger partial charge in [0.05, 0.1) is 19.6 Å². The molecule has 1 N–H and O–H groups in total. The van der Waals surface area contributed by atoms with E-state index in [1.165, 1.54) is 16.7 Å². The van der Waals surface area contributed by atoms with Gasteiger partial charge in [-0.3, -0.25) is 9.69 Å². The van der Waals surface area contributed by atoms with Gasteiger partial charge in [-0.15, -0.1) is 0 Å². The van der Waals surface area contributed by atoms with Gasteiger partial charge < -0.3 is 19.5 Å². The van der Waals surface area contributed by atoms with Crippen molar-refractivity contribution in [1.82, 2.24) is 9.80 Å². The second-order valence-electron chi connectivity index (χ2n) is 9.00. The van der Waals surface area contributed by atoms with Crippen LogP contribution >= 0.6 is 0 Å². The molecule has 0 bridgehead atoms. The molecule has 0 aliphatic carbocycles. The Kier molecular flexibility index (Phi) is 11.4. The summed E-state index contributed by atoms with van der Waals surface area (Å²) in [6.45, 7) is 5.16. The third-order valence-corrected chi connectivity index (χ3v) is 6.28. The number of aryl methyl sites for hydroxylation is 1. The minimum Gasteiger partial charge on any atom is -0.493 e. The molecule has 0 saturated heterocycles. The number of benzene rings is 2. The number of methoxy groups -OCH3 is 1. The van der Waals surface area contributed by atoms with Gasteiger partial charge >= 0.3 is 0 Å². The molecule has 0 aromatic heterocycles. The number of nitrogens with zero attached hydrogens (tertiary/aromatic N) is 2. The minimum atomic E-state index is 0.166. The number of ether oxygens (including phenoxy) is 2. The summed E-state index contributed by atoms with van der Waals surface area (Å²) in [4.78, 5) is 17.2. The molecular formula is C28H40N2O4. The molecule has 0 spiro atoms. The summed E-state index contributed by atoms with van der Waals surface area (Å²) in [5.74, 6) is 1.11. The van der Waals surface area contributed by atoms with E-state index in [4.69, 9.17) is 9.47 Å². The maximum atomic E-state index is 12.8. The van der Waals surface area contributed by atoms with Gasteiger partial charge in [0.15, 0.2) is 0 Å². The van der Waals surface area contributed by atoms with Crippen LogP contribution in [0.2, 0.25) is 0 Å². The van der Waals surface area contributed by atoms with E-state index < -0.39 is 0 Å². The first kappa shape index (κ1) is 26.2. The summed E-state index contributed by atoms with van der Waals surface area (Å²) >= 11 is 0. The fourth-order valence-corrected chi connectivity index (χ4v) is 4.37. The lowest BCUT2D eigenvalue weighted by molar-refractivity contribution is -0.132. The Morgan fingerprint density at radius 2 is 1.88 bits per heavy atom. The summed E-state index contributed by atoms with van der Waals surface area (Å²) in [6.07, 6.45) is 5.02. The number of amides is 1. The third-order valence-electron chi connectivity index (χ3n) is 6.28. The summed E-state index contributed by atoms with van der Waals surface area (Å²) in [6, 6.07) is 16.9. The molecule has 0 atom stereocenters. The van der Waals surface area contributed by atoms with Crippen LogP contribution in [0.1, 0.15) is 48.8 Å². The number of hydrogen-bond acceptors (Lipinski definition) is 5. The summed E-state index contributed by atoms with van der Waals surface area (Å²) in [5, 5.41) is 9.26. The largest absolute Gasteiger partial charge is 0.493 e. The van der Waals surface area contributed by atoms with Gasteiger partial charge in [-0.1, -0.05) is 42.5 Å². The zero-order valence-corrected chi connectivity index (χ0v) is 20.6. The highest BCUT2D eigenvalue weighted by Gasteiger charge is 2.18. The standard InChI is InChI=1S/C28H40N2O4/c1-33-20-14-28(32)30-15-6-3-7-19-34-27-13-12-24(11-8-18-31)21-26(27)23-29(16-17-30)22-25-9-4-2-5-10-25/h2,4-5,9-10,12-13,21,31H,3,6-8,11,14-20,22-23H2,1H3. The van der Waals surface area contributed by atoms with E-state index in [9.17, 15) is 9.90 Å². The molecule has 1 aliphatic heterocycles. The van der Waals surface area contributed by atoms with E-state index in [2.05, 4.69) is 47.4 Å². The summed E-state index contributed by atoms with van der Waals surface area (Å²) in [5.41, 5.74) is 3.64. The Labute approximate surface area is 204 Å². The van der Waals surface area contributed by atoms with Gasteiger partial charge in [-0.25, -0.2) is 0 Å². The van der Waals surface area contributed by atoms with Gasteiger partial charge in [0, 0.05) is 52.0 Å². The van der Waals surface area contributed by atoms with Crippen LogP contribution in [0.15, 0.2) is 48.5 Å². The second-order valence-corrected chi connectivity index (χ2v) is 9.00. The van der Waals surface area contributed by atoms with E-state index in [1.807, 2.05) is 11.0 Å². The molecule has 1 heterocycles. The predicted octanol–water partition coefficient (Wildman–Crippen LogP) is 4.04. The maximum absolute atomic E-state index is 12.8. The molecule has 2 aromatic carbocycles. The third kappa shape index (κ3) is 8.75. The number of aliphatic hydroxyl groups excluding tert-OH is 1. The molecule has 0 fully saturated rings. The molecular weight excluding hydrogens is 428 g/mol. The molecule has 0 unspecified atom stereocenters. The smallest absolute Gasteiger partial charge is 0.224 e. The van der Waals surface area contributed by atoms with Gasteiger partial charge in [0.1, 0.15) is 5.75 Å². The molecule has 3 rings (SSSR count). The van der Waals surface area contributed by atoms with Gasteiger partial charge in [-0.05, 0) is 49.3 Å². The lowest BCUT2D eigenvalue weighted by Crippen LogP contribution is -2.39. The summed E-state index contributed by atoms with van der Waals surface area (Å²) < 4.78 is 11.4. The van der Waals surface area contributed by atoms with Crippen LogP contribution in [0.5, 0.6) is 5.75 Å². The molecule has 2 aromatic rings. The fourth-order valence-electron chi connectivity index (χ4n) is 4.37. The zero-order chi connectivity index (χ0) is 24.0. The number of fused-ring (bicyclic) bond motifs is 1. The highest BCUT2D eigenvalue weighted by molar-refractivity contribution is 5.76. The first-order valence-corrected chi connectivity index (χ1v) is 12.6. The van der Waals surface area contributed by atoms with Crippen molar-refractivity contribution >= 4 is 5.91 Å². The SMILES string of the molecule is COCCC(=O)N1CCCCCOc2ccc(CCCO)cc2CN(Cc2ccccc2)CC1. The Balaban J connectivity index is 1.83. The van der Waals surface area contributed by atoms with Gasteiger partial charge in [0.25, 0.3) is 0 Å². The van der Waals surface area contributed by atoms with Crippen LogP contribution < -0.4 is 4.74 Å². The van der Waals surface area contributed by atoms with Crippen molar-refractivity contribution in [3.63, 3.8) is 0 Å². The van der Waals surface area contributed by atoms with Gasteiger partial charge in [0.2, 0.25) is 5.91 Å². The van der Waals surface area contributed by atoms with Crippen LogP contribution in [0, 0.1) is 0 Å². The van der Waals surface area contributed by atoms with E-state index in [0.29, 0.717) is 26.2 Å². The average molecular weight is 469 g/mol. The molecule has 6 nitrogen and oxygen atoms in total. The normalized spacial score (nSPS) is 16.0. The highest BCUT2D eigenvalue weighted by Crippen LogP contribution is 2.24. The van der Waals surface area contributed by atoms with Crippen LogP contribution in [-0.4, -0.2) is 67.4 Å². The predicted molar refractivity (Wildman–Crippen MR) is 135 cm³/mol. The van der Waals surface area contributed by atoms with Crippen molar-refractivity contribution in [2.45, 2.75) is 51.6 Å². The number of carbonyl (C=O) groups excluding carboxylic acids is 1. The number of aliphatic hydroxyl groups is 1. The quantitative estimate of drug-likeness (QED) is 0.634. The minimum absolute atomic E-state index is 0.166. The molecule has 1 amide bonds. The Hall–Kier alpha value is -2.41. The van der Waals surface area contributed by atoms with Crippen molar-refractivity contribution in [3.8, 4) is 5.75 Å². The zero-order valence-electron chi connectivity index (χ0n) is 20.6. The van der Waals surface area contributed by atoms with Crippen LogP contribution in [0.25, 0.3) is 0 Å². The van der Waals surface area contributed by atoms with E-state index >= 15 is 0 Å². The Bertz CT molecular complexity index is 859. The average Bonchev–Trinajstić information content (AvgIpc) is 2.87. The lowest BCUT2D eigenvalue weighted by atomic mass is 10.0. The molecule has 0 saturated carbocycles. The van der Waals surface area contributed by atoms with Crippen molar-refractivity contribution in [1.29, 1.82) is 0 Å². The molecule has 1 aliphatic rings. The Morgan fingerprint density at radius 3 is 2.68 bits per heavy atom. The van der Waals surface area contributed by atoms with E-state index in [1.54, 1.807) is 7.11 Å². The number of carbonyl (C=O) groups is 1. The van der Waals surface area contributed by atoms with E-state index in [0.717, 1.165) is 64.0 Å². The molecule has 34 heavy (non-hydrogen) atoms. The van der Waals surface area contributed by atoms with Crippen LogP contribution in [0.4, 0.5) is 0 Å². The number of rotatable bonds is 8. The fraction of sp³-hybridized carbons (Fsp3) is 0.536. The highest BCUT2D eigenvalue weighted by atomic mass is 16.5. The topological polar surface area (TPSA) is 62.2 Å². The summed E-state index contributed by atoms with van der Waals surface area (Å²) in [7, 11) is 1.64. The van der Waals surface area contributed by atoms with Crippen LogP contribution in [0.3, 0.4) is 0 Å². The first-order chi connectivity index (χ1) is 16.7. The number of hydrogen-bond donors (Lipinski definition) is 1. The van der Waals surface area contributed by atoms with Crippen molar-refractivity contribution in [2.75, 3.05) is 46.6 Å². The lowest BCUT2D eigenvalue weighted by Gasteiger charge is -2.28. The van der Waals surface area contributed by atoms with Gasteiger partial charge in [-0.2, -0.15) is 0 Å². The van der Waals surface area contributed by atoms with Crippen molar-refractivity contribution in [2.24, 2.45) is 0 Å². The first-order valence-electron chi connectivity index (χ1n) is 12.6. The van der Waals surface area contributed by atoms with Crippen molar-refractivity contribution < 1.29 is 19.4 Å². The molecule has 6 heteroatoms. The second kappa shape index (κ2) is 14.8. The monoisotopic (exact) mass is 468 g/mol. The van der Waals surface area contributed by atoms with Crippen LogP contribution in [-0.2, 0) is 29.0 Å². The molecule has 0 radical (unpaired) electrons. The van der Waals surface area contributed by atoms with Crippen molar-refractivity contribution in [3.05, 3.63) is 65.2 Å².